The topological polar surface area (TPSA) is 29.5 Å². The van der Waals surface area contributed by atoms with Crippen LogP contribution in [-0.2, 0) is 4.79 Å². The fraction of sp³-hybridized carbons (Fsp3) is 0.562. The Kier molecular flexibility index (Phi) is 3.00. The molecule has 1 heterocycles. The zero-order valence-electron chi connectivity index (χ0n) is 11.7. The van der Waals surface area contributed by atoms with Crippen LogP contribution >= 0.6 is 0 Å². The van der Waals surface area contributed by atoms with E-state index in [1.165, 1.54) is 19.3 Å². The fourth-order valence-electron chi connectivity index (χ4n) is 2.84. The minimum atomic E-state index is -0.316. The summed E-state index contributed by atoms with van der Waals surface area (Å²) in [7, 11) is 0. The Labute approximate surface area is 114 Å². The molecule has 19 heavy (non-hydrogen) atoms. The van der Waals surface area contributed by atoms with Crippen LogP contribution < -0.4 is 9.64 Å². The van der Waals surface area contributed by atoms with Gasteiger partial charge >= 0.3 is 0 Å². The number of hydrogen-bond acceptors (Lipinski definition) is 2. The Balaban J connectivity index is 1.85. The van der Waals surface area contributed by atoms with Gasteiger partial charge in [0.25, 0.3) is 0 Å². The molecule has 0 radical (unpaired) electrons. The number of nitrogens with zero attached hydrogens (tertiary/aromatic N) is 1. The molecular formula is C16H21NO2. The van der Waals surface area contributed by atoms with Gasteiger partial charge in [-0.3, -0.25) is 4.79 Å². The third kappa shape index (κ3) is 2.46. The first-order valence-electron chi connectivity index (χ1n) is 7.14. The van der Waals surface area contributed by atoms with Crippen molar-refractivity contribution in [3.63, 3.8) is 0 Å². The number of rotatable bonds is 2. The number of fused-ring (bicyclic) bond motifs is 1. The summed E-state index contributed by atoms with van der Waals surface area (Å²) in [6.45, 7) is 4.70. The van der Waals surface area contributed by atoms with E-state index < -0.39 is 0 Å². The summed E-state index contributed by atoms with van der Waals surface area (Å²) in [6, 6.07) is 7.84. The molecule has 102 valence electrons. The number of para-hydroxylation sites is 2. The molecule has 0 unspecified atom stereocenters. The summed E-state index contributed by atoms with van der Waals surface area (Å²) in [4.78, 5) is 14.4. The lowest BCUT2D eigenvalue weighted by Crippen LogP contribution is -2.49. The van der Waals surface area contributed by atoms with Crippen molar-refractivity contribution in [2.75, 3.05) is 11.4 Å². The Morgan fingerprint density at radius 3 is 2.79 bits per heavy atom. The number of carbonyl (C=O) groups is 1. The van der Waals surface area contributed by atoms with Crippen LogP contribution in [0, 0.1) is 5.92 Å². The highest BCUT2D eigenvalue weighted by Crippen LogP contribution is 2.38. The second-order valence-electron chi connectivity index (χ2n) is 6.31. The molecule has 1 fully saturated rings. The van der Waals surface area contributed by atoms with Gasteiger partial charge in [0, 0.05) is 6.42 Å². The summed E-state index contributed by atoms with van der Waals surface area (Å²) in [6.07, 6.45) is 4.38. The lowest BCUT2D eigenvalue weighted by molar-refractivity contribution is -0.121. The zero-order chi connectivity index (χ0) is 13.5. The summed E-state index contributed by atoms with van der Waals surface area (Å²) in [5, 5.41) is 0. The van der Waals surface area contributed by atoms with Crippen LogP contribution in [0.1, 0.15) is 39.5 Å². The highest BCUT2D eigenvalue weighted by Gasteiger charge is 2.35. The van der Waals surface area contributed by atoms with Crippen molar-refractivity contribution < 1.29 is 9.53 Å². The van der Waals surface area contributed by atoms with E-state index in [0.29, 0.717) is 18.9 Å². The minimum absolute atomic E-state index is 0.244. The van der Waals surface area contributed by atoms with E-state index >= 15 is 0 Å². The molecule has 3 rings (SSSR count). The van der Waals surface area contributed by atoms with Gasteiger partial charge in [0.1, 0.15) is 11.4 Å². The van der Waals surface area contributed by atoms with Gasteiger partial charge in [-0.15, -0.1) is 0 Å². The van der Waals surface area contributed by atoms with Gasteiger partial charge in [0.05, 0.1) is 12.2 Å². The van der Waals surface area contributed by atoms with Crippen LogP contribution in [0.15, 0.2) is 24.3 Å². The zero-order valence-corrected chi connectivity index (χ0v) is 11.7. The lowest BCUT2D eigenvalue weighted by atomic mass is 9.82. The van der Waals surface area contributed by atoms with Crippen LogP contribution in [0.2, 0.25) is 0 Å². The van der Waals surface area contributed by atoms with Crippen LogP contribution in [0.5, 0.6) is 5.75 Å². The van der Waals surface area contributed by atoms with E-state index in [1.807, 2.05) is 43.0 Å². The molecule has 1 aromatic rings. The van der Waals surface area contributed by atoms with E-state index in [4.69, 9.17) is 4.74 Å². The summed E-state index contributed by atoms with van der Waals surface area (Å²) >= 11 is 0. The Morgan fingerprint density at radius 1 is 1.37 bits per heavy atom. The van der Waals surface area contributed by atoms with Gasteiger partial charge in [-0.2, -0.15) is 0 Å². The summed E-state index contributed by atoms with van der Waals surface area (Å²) in [5.74, 6) is 1.67. The maximum Gasteiger partial charge on any atom is 0.227 e. The van der Waals surface area contributed by atoms with Gasteiger partial charge in [0.15, 0.2) is 0 Å². The van der Waals surface area contributed by atoms with Gasteiger partial charge in [-0.05, 0) is 44.7 Å². The van der Waals surface area contributed by atoms with Crippen LogP contribution in [0.4, 0.5) is 5.69 Å². The Bertz CT molecular complexity index is 491. The molecule has 0 atom stereocenters. The van der Waals surface area contributed by atoms with Crippen molar-refractivity contribution in [1.29, 1.82) is 0 Å². The van der Waals surface area contributed by atoms with Crippen LogP contribution in [-0.4, -0.2) is 18.1 Å². The highest BCUT2D eigenvalue weighted by atomic mass is 16.5. The molecule has 3 heteroatoms. The molecule has 0 saturated heterocycles. The molecule has 1 aromatic carbocycles. The van der Waals surface area contributed by atoms with Gasteiger partial charge < -0.3 is 9.64 Å². The molecule has 0 bridgehead atoms. The molecule has 1 saturated carbocycles. The Hall–Kier alpha value is -1.51. The Morgan fingerprint density at radius 2 is 2.11 bits per heavy atom. The largest absolute Gasteiger partial charge is 0.484 e. The first kappa shape index (κ1) is 12.5. The third-order valence-electron chi connectivity index (χ3n) is 4.07. The van der Waals surface area contributed by atoms with Crippen LogP contribution in [0.3, 0.4) is 0 Å². The van der Waals surface area contributed by atoms with E-state index in [1.54, 1.807) is 0 Å². The number of benzene rings is 1. The van der Waals surface area contributed by atoms with Crippen molar-refractivity contribution in [3.8, 4) is 5.75 Å². The SMILES string of the molecule is CC1(C)CN(C(=O)CC2CCC2)c2ccccc2O1. The van der Waals surface area contributed by atoms with Gasteiger partial charge in [-0.1, -0.05) is 18.6 Å². The molecule has 1 aliphatic carbocycles. The first-order chi connectivity index (χ1) is 9.05. The number of carbonyl (C=O) groups excluding carboxylic acids is 1. The number of hydrogen-bond donors (Lipinski definition) is 0. The quantitative estimate of drug-likeness (QED) is 0.815. The number of amides is 1. The summed E-state index contributed by atoms with van der Waals surface area (Å²) < 4.78 is 5.95. The van der Waals surface area contributed by atoms with Crippen molar-refractivity contribution in [2.45, 2.75) is 45.1 Å². The predicted octanol–water partition coefficient (Wildman–Crippen LogP) is 3.38. The second kappa shape index (κ2) is 4.55. The van der Waals surface area contributed by atoms with Crippen molar-refractivity contribution in [1.82, 2.24) is 0 Å². The lowest BCUT2D eigenvalue weighted by Gasteiger charge is -2.40. The average Bonchev–Trinajstić information content (AvgIpc) is 2.31. The van der Waals surface area contributed by atoms with Crippen molar-refractivity contribution >= 4 is 11.6 Å². The fourth-order valence-corrected chi connectivity index (χ4v) is 2.84. The maximum atomic E-state index is 12.5. The normalized spacial score (nSPS) is 21.3. The van der Waals surface area contributed by atoms with E-state index in [-0.39, 0.29) is 11.5 Å². The first-order valence-corrected chi connectivity index (χ1v) is 7.14. The molecule has 3 nitrogen and oxygen atoms in total. The van der Waals surface area contributed by atoms with E-state index in [9.17, 15) is 4.79 Å². The molecule has 2 aliphatic rings. The van der Waals surface area contributed by atoms with E-state index in [0.717, 1.165) is 11.4 Å². The van der Waals surface area contributed by atoms with Gasteiger partial charge in [-0.25, -0.2) is 0 Å². The highest BCUT2D eigenvalue weighted by molar-refractivity contribution is 5.95. The molecule has 1 aliphatic heterocycles. The number of ether oxygens (including phenoxy) is 1. The van der Waals surface area contributed by atoms with Crippen molar-refractivity contribution in [3.05, 3.63) is 24.3 Å². The second-order valence-corrected chi connectivity index (χ2v) is 6.31. The summed E-state index contributed by atoms with van der Waals surface area (Å²) in [5.41, 5.74) is 0.607. The predicted molar refractivity (Wildman–Crippen MR) is 75.5 cm³/mol. The molecule has 0 spiro atoms. The average molecular weight is 259 g/mol. The van der Waals surface area contributed by atoms with Gasteiger partial charge in [0.2, 0.25) is 5.91 Å². The molecule has 0 aromatic heterocycles. The van der Waals surface area contributed by atoms with Crippen LogP contribution in [0.25, 0.3) is 0 Å². The standard InChI is InChI=1S/C16H21NO2/c1-16(2)11-17(15(18)10-12-6-5-7-12)13-8-3-4-9-14(13)19-16/h3-4,8-9,12H,5-7,10-11H2,1-2H3. The monoisotopic (exact) mass is 259 g/mol. The third-order valence-corrected chi connectivity index (χ3v) is 4.07. The minimum Gasteiger partial charge on any atom is -0.484 e. The smallest absolute Gasteiger partial charge is 0.227 e. The maximum absolute atomic E-state index is 12.5. The van der Waals surface area contributed by atoms with Crippen molar-refractivity contribution in [2.24, 2.45) is 5.92 Å². The molecular weight excluding hydrogens is 238 g/mol. The molecule has 0 N–H and O–H groups in total. The molecule has 1 amide bonds. The van der Waals surface area contributed by atoms with E-state index in [2.05, 4.69) is 0 Å². The number of anilines is 1.